The number of nitrogen functional groups attached to an aromatic ring is 1. The maximum absolute atomic E-state index is 12.3. The van der Waals surface area contributed by atoms with Crippen molar-refractivity contribution in [3.63, 3.8) is 0 Å². The molecule has 0 fully saturated rings. The van der Waals surface area contributed by atoms with Gasteiger partial charge in [-0.05, 0) is 25.1 Å². The average Bonchev–Trinajstić information content (AvgIpc) is 2.81. The van der Waals surface area contributed by atoms with E-state index >= 15 is 0 Å². The molecule has 1 aromatic carbocycles. The van der Waals surface area contributed by atoms with Gasteiger partial charge in [-0.2, -0.15) is 0 Å². The molecule has 0 bridgehead atoms. The van der Waals surface area contributed by atoms with Crippen molar-refractivity contribution in [1.29, 1.82) is 0 Å². The Balaban J connectivity index is 2.14. The molecular weight excluding hydrogens is 272 g/mol. The lowest BCUT2D eigenvalue weighted by atomic mass is 10.1. The zero-order valence-electron chi connectivity index (χ0n) is 11.8. The van der Waals surface area contributed by atoms with E-state index in [1.54, 1.807) is 29.7 Å². The number of amides is 1. The highest BCUT2D eigenvalue weighted by Gasteiger charge is 2.13. The summed E-state index contributed by atoms with van der Waals surface area (Å²) in [5.74, 6) is -0.132. The predicted octanol–water partition coefficient (Wildman–Crippen LogP) is 2.03. The fourth-order valence-electron chi connectivity index (χ4n) is 1.88. The van der Waals surface area contributed by atoms with E-state index in [0.717, 1.165) is 15.6 Å². The molecule has 0 unspecified atom stereocenters. The lowest BCUT2D eigenvalue weighted by Gasteiger charge is -2.17. The van der Waals surface area contributed by atoms with Crippen molar-refractivity contribution in [3.8, 4) is 0 Å². The van der Waals surface area contributed by atoms with Crippen LogP contribution >= 0.6 is 11.3 Å². The minimum atomic E-state index is -0.132. The zero-order valence-corrected chi connectivity index (χ0v) is 12.6. The maximum Gasteiger partial charge on any atom is 0.253 e. The van der Waals surface area contributed by atoms with E-state index in [1.807, 2.05) is 32.0 Å². The van der Waals surface area contributed by atoms with Crippen molar-refractivity contribution >= 4 is 28.6 Å². The fourth-order valence-corrected chi connectivity index (χ4v) is 2.61. The standard InChI is InChI=1S/C14H18N4OS/c1-9-16-7-11(20-9)8-17-14(19)12-6-10(15)4-5-13(12)18(2)3/h4-7H,8,15H2,1-3H3,(H,17,19). The van der Waals surface area contributed by atoms with Gasteiger partial charge in [0.25, 0.3) is 5.91 Å². The van der Waals surface area contributed by atoms with Gasteiger partial charge in [-0.3, -0.25) is 4.79 Å². The first-order chi connectivity index (χ1) is 9.47. The van der Waals surface area contributed by atoms with Crippen molar-refractivity contribution in [3.05, 3.63) is 39.8 Å². The molecule has 0 atom stereocenters. The van der Waals surface area contributed by atoms with Crippen LogP contribution in [0.5, 0.6) is 0 Å². The van der Waals surface area contributed by atoms with Gasteiger partial charge in [0.15, 0.2) is 0 Å². The van der Waals surface area contributed by atoms with Crippen molar-refractivity contribution in [1.82, 2.24) is 10.3 Å². The number of benzene rings is 1. The summed E-state index contributed by atoms with van der Waals surface area (Å²) in [6, 6.07) is 5.34. The van der Waals surface area contributed by atoms with Gasteiger partial charge in [0.05, 0.1) is 17.1 Å². The Kier molecular flexibility index (Phi) is 4.24. The number of nitrogens with zero attached hydrogens (tertiary/aromatic N) is 2. The van der Waals surface area contributed by atoms with Crippen LogP contribution in [0.25, 0.3) is 0 Å². The summed E-state index contributed by atoms with van der Waals surface area (Å²) in [6.45, 7) is 2.42. The number of carbonyl (C=O) groups excluding carboxylic acids is 1. The molecule has 5 nitrogen and oxygen atoms in total. The molecule has 0 saturated heterocycles. The molecule has 0 aliphatic heterocycles. The second-order valence-electron chi connectivity index (χ2n) is 4.70. The van der Waals surface area contributed by atoms with Crippen LogP contribution in [0.1, 0.15) is 20.2 Å². The molecule has 0 radical (unpaired) electrons. The number of aryl methyl sites for hydroxylation is 1. The average molecular weight is 290 g/mol. The summed E-state index contributed by atoms with van der Waals surface area (Å²) in [4.78, 5) is 19.4. The number of nitrogens with two attached hydrogens (primary N) is 1. The molecule has 2 rings (SSSR count). The molecule has 2 aromatic rings. The molecule has 106 valence electrons. The Labute approximate surface area is 122 Å². The molecule has 1 aromatic heterocycles. The van der Waals surface area contributed by atoms with Gasteiger partial charge >= 0.3 is 0 Å². The molecule has 0 aliphatic rings. The largest absolute Gasteiger partial charge is 0.399 e. The highest BCUT2D eigenvalue weighted by Crippen LogP contribution is 2.21. The van der Waals surface area contributed by atoms with Crippen LogP contribution in [-0.2, 0) is 6.54 Å². The summed E-state index contributed by atoms with van der Waals surface area (Å²) >= 11 is 1.58. The van der Waals surface area contributed by atoms with E-state index < -0.39 is 0 Å². The van der Waals surface area contributed by atoms with Crippen LogP contribution < -0.4 is 16.0 Å². The SMILES string of the molecule is Cc1ncc(CNC(=O)c2cc(N)ccc2N(C)C)s1. The Morgan fingerprint density at radius 1 is 1.45 bits per heavy atom. The smallest absolute Gasteiger partial charge is 0.253 e. The van der Waals surface area contributed by atoms with Crippen molar-refractivity contribution in [2.75, 3.05) is 24.7 Å². The number of carbonyl (C=O) groups is 1. The highest BCUT2D eigenvalue weighted by molar-refractivity contribution is 7.11. The summed E-state index contributed by atoms with van der Waals surface area (Å²) in [7, 11) is 3.80. The number of thiazole rings is 1. The minimum Gasteiger partial charge on any atom is -0.399 e. The molecule has 20 heavy (non-hydrogen) atoms. The fraction of sp³-hybridized carbons (Fsp3) is 0.286. The van der Waals surface area contributed by atoms with E-state index in [-0.39, 0.29) is 5.91 Å². The first-order valence-corrected chi connectivity index (χ1v) is 7.05. The van der Waals surface area contributed by atoms with E-state index in [9.17, 15) is 4.79 Å². The highest BCUT2D eigenvalue weighted by atomic mass is 32.1. The number of aromatic nitrogens is 1. The Morgan fingerprint density at radius 2 is 2.20 bits per heavy atom. The molecule has 0 aliphatic carbocycles. The molecule has 1 amide bonds. The molecule has 3 N–H and O–H groups in total. The van der Waals surface area contributed by atoms with Crippen LogP contribution in [0.3, 0.4) is 0 Å². The number of hydrogen-bond donors (Lipinski definition) is 2. The topological polar surface area (TPSA) is 71.2 Å². The second kappa shape index (κ2) is 5.92. The number of anilines is 2. The molecular formula is C14H18N4OS. The maximum atomic E-state index is 12.3. The van der Waals surface area contributed by atoms with Crippen molar-refractivity contribution in [2.45, 2.75) is 13.5 Å². The predicted molar refractivity (Wildman–Crippen MR) is 83.2 cm³/mol. The van der Waals surface area contributed by atoms with Gasteiger partial charge in [-0.1, -0.05) is 0 Å². The summed E-state index contributed by atoms with van der Waals surface area (Å²) in [5, 5.41) is 3.89. The third-order valence-corrected chi connectivity index (χ3v) is 3.75. The Morgan fingerprint density at radius 3 is 2.80 bits per heavy atom. The lowest BCUT2D eigenvalue weighted by molar-refractivity contribution is 0.0952. The van der Waals surface area contributed by atoms with Crippen LogP contribution in [-0.4, -0.2) is 25.0 Å². The third kappa shape index (κ3) is 3.27. The first kappa shape index (κ1) is 14.3. The molecule has 0 saturated carbocycles. The van der Waals surface area contributed by atoms with Gasteiger partial charge in [-0.15, -0.1) is 11.3 Å². The summed E-state index contributed by atoms with van der Waals surface area (Å²) in [5.41, 5.74) is 7.77. The normalized spacial score (nSPS) is 10.3. The van der Waals surface area contributed by atoms with Crippen LogP contribution in [0.15, 0.2) is 24.4 Å². The first-order valence-electron chi connectivity index (χ1n) is 6.23. The van der Waals surface area contributed by atoms with Gasteiger partial charge in [0.1, 0.15) is 0 Å². The lowest BCUT2D eigenvalue weighted by Crippen LogP contribution is -2.25. The van der Waals surface area contributed by atoms with Crippen LogP contribution in [0.2, 0.25) is 0 Å². The third-order valence-electron chi connectivity index (χ3n) is 2.84. The Hall–Kier alpha value is -2.08. The summed E-state index contributed by atoms with van der Waals surface area (Å²) in [6.07, 6.45) is 1.78. The van der Waals surface area contributed by atoms with Crippen molar-refractivity contribution < 1.29 is 4.79 Å². The van der Waals surface area contributed by atoms with Crippen molar-refractivity contribution in [2.24, 2.45) is 0 Å². The quantitative estimate of drug-likeness (QED) is 0.845. The number of nitrogens with one attached hydrogen (secondary N) is 1. The summed E-state index contributed by atoms with van der Waals surface area (Å²) < 4.78 is 0. The van der Waals surface area contributed by atoms with E-state index in [4.69, 9.17) is 5.73 Å². The molecule has 1 heterocycles. The zero-order chi connectivity index (χ0) is 14.7. The molecule has 6 heteroatoms. The second-order valence-corrected chi connectivity index (χ2v) is 6.02. The van der Waals surface area contributed by atoms with Gasteiger partial charge in [0.2, 0.25) is 0 Å². The Bertz CT molecular complexity index is 621. The minimum absolute atomic E-state index is 0.132. The number of rotatable bonds is 4. The monoisotopic (exact) mass is 290 g/mol. The van der Waals surface area contributed by atoms with Gasteiger partial charge in [0, 0.05) is 36.5 Å². The van der Waals surface area contributed by atoms with E-state index in [2.05, 4.69) is 10.3 Å². The molecule has 0 spiro atoms. The van der Waals surface area contributed by atoms with E-state index in [1.165, 1.54) is 0 Å². The van der Waals surface area contributed by atoms with Gasteiger partial charge < -0.3 is 16.0 Å². The number of hydrogen-bond acceptors (Lipinski definition) is 5. The van der Waals surface area contributed by atoms with Gasteiger partial charge in [-0.25, -0.2) is 4.98 Å². The van der Waals surface area contributed by atoms with Crippen LogP contribution in [0.4, 0.5) is 11.4 Å². The van der Waals surface area contributed by atoms with E-state index in [0.29, 0.717) is 17.8 Å². The van der Waals surface area contributed by atoms with Crippen LogP contribution in [0, 0.1) is 6.92 Å².